The second kappa shape index (κ2) is 5.72. The SMILES string of the molecule is CCCCOC(=O)CN1C(=O)C2CC(C)CC2C1=O. The third kappa shape index (κ3) is 2.80. The number of hydrogen-bond donors (Lipinski definition) is 0. The Kier molecular flexibility index (Phi) is 4.22. The molecule has 0 N–H and O–H groups in total. The summed E-state index contributed by atoms with van der Waals surface area (Å²) >= 11 is 0. The Morgan fingerprint density at radius 2 is 1.84 bits per heavy atom. The third-order valence-electron chi connectivity index (χ3n) is 4.01. The highest BCUT2D eigenvalue weighted by atomic mass is 16.5. The zero-order chi connectivity index (χ0) is 14.0. The van der Waals surface area contributed by atoms with Crippen LogP contribution in [0.4, 0.5) is 0 Å². The van der Waals surface area contributed by atoms with Crippen molar-refractivity contribution in [2.24, 2.45) is 17.8 Å². The van der Waals surface area contributed by atoms with E-state index in [0.29, 0.717) is 12.5 Å². The van der Waals surface area contributed by atoms with E-state index in [0.717, 1.165) is 30.6 Å². The van der Waals surface area contributed by atoms with Gasteiger partial charge in [0.05, 0.1) is 18.4 Å². The van der Waals surface area contributed by atoms with Crippen LogP contribution in [0.5, 0.6) is 0 Å². The highest BCUT2D eigenvalue weighted by molar-refractivity contribution is 6.07. The maximum absolute atomic E-state index is 12.1. The van der Waals surface area contributed by atoms with Crippen LogP contribution in [0.1, 0.15) is 39.5 Å². The summed E-state index contributed by atoms with van der Waals surface area (Å²) in [5, 5.41) is 0. The van der Waals surface area contributed by atoms with Crippen molar-refractivity contribution in [2.45, 2.75) is 39.5 Å². The fraction of sp³-hybridized carbons (Fsp3) is 0.786. The van der Waals surface area contributed by atoms with E-state index in [9.17, 15) is 14.4 Å². The summed E-state index contributed by atoms with van der Waals surface area (Å²) in [5.41, 5.74) is 0. The molecule has 2 aliphatic rings. The van der Waals surface area contributed by atoms with Crippen LogP contribution in [0.25, 0.3) is 0 Å². The fourth-order valence-electron chi connectivity index (χ4n) is 3.01. The van der Waals surface area contributed by atoms with Crippen LogP contribution in [0.3, 0.4) is 0 Å². The number of carbonyl (C=O) groups is 3. The van der Waals surface area contributed by atoms with Crippen molar-refractivity contribution in [2.75, 3.05) is 13.2 Å². The number of amides is 2. The maximum atomic E-state index is 12.1. The van der Waals surface area contributed by atoms with Crippen molar-refractivity contribution in [3.05, 3.63) is 0 Å². The number of unbranched alkanes of at least 4 members (excludes halogenated alkanes) is 1. The summed E-state index contributed by atoms with van der Waals surface area (Å²) < 4.78 is 5.00. The van der Waals surface area contributed by atoms with Crippen LogP contribution >= 0.6 is 0 Å². The number of imide groups is 1. The zero-order valence-electron chi connectivity index (χ0n) is 11.6. The van der Waals surface area contributed by atoms with E-state index >= 15 is 0 Å². The first-order valence-electron chi connectivity index (χ1n) is 7.05. The molecule has 0 aromatic heterocycles. The summed E-state index contributed by atoms with van der Waals surface area (Å²) in [7, 11) is 0. The third-order valence-corrected chi connectivity index (χ3v) is 4.01. The van der Waals surface area contributed by atoms with E-state index in [4.69, 9.17) is 4.74 Å². The Morgan fingerprint density at radius 1 is 1.26 bits per heavy atom. The average molecular weight is 267 g/mol. The Bertz CT molecular complexity index is 369. The van der Waals surface area contributed by atoms with Gasteiger partial charge >= 0.3 is 5.97 Å². The minimum absolute atomic E-state index is 0.188. The molecule has 2 fully saturated rings. The molecular formula is C14H21NO4. The van der Waals surface area contributed by atoms with Crippen molar-refractivity contribution in [3.8, 4) is 0 Å². The molecule has 0 aromatic rings. The van der Waals surface area contributed by atoms with Gasteiger partial charge in [0.2, 0.25) is 11.8 Å². The van der Waals surface area contributed by atoms with Crippen LogP contribution in [-0.4, -0.2) is 35.8 Å². The van der Waals surface area contributed by atoms with Crippen molar-refractivity contribution in [1.29, 1.82) is 0 Å². The van der Waals surface area contributed by atoms with Crippen molar-refractivity contribution < 1.29 is 19.1 Å². The summed E-state index contributed by atoms with van der Waals surface area (Å²) in [5.74, 6) is -0.847. The lowest BCUT2D eigenvalue weighted by atomic mass is 10.00. The van der Waals surface area contributed by atoms with E-state index < -0.39 is 5.97 Å². The van der Waals surface area contributed by atoms with Crippen molar-refractivity contribution in [1.82, 2.24) is 4.90 Å². The minimum Gasteiger partial charge on any atom is -0.464 e. The largest absolute Gasteiger partial charge is 0.464 e. The van der Waals surface area contributed by atoms with E-state index in [2.05, 4.69) is 6.92 Å². The monoisotopic (exact) mass is 267 g/mol. The highest BCUT2D eigenvalue weighted by Gasteiger charge is 2.52. The number of fused-ring (bicyclic) bond motifs is 1. The van der Waals surface area contributed by atoms with Gasteiger partial charge < -0.3 is 4.74 Å². The molecule has 0 bridgehead atoms. The average Bonchev–Trinajstić information content (AvgIpc) is 2.84. The molecule has 2 amide bonds. The molecule has 1 saturated carbocycles. The van der Waals surface area contributed by atoms with Crippen LogP contribution < -0.4 is 0 Å². The molecule has 0 aromatic carbocycles. The lowest BCUT2D eigenvalue weighted by Crippen LogP contribution is -2.37. The smallest absolute Gasteiger partial charge is 0.326 e. The van der Waals surface area contributed by atoms with Gasteiger partial charge in [-0.05, 0) is 25.2 Å². The van der Waals surface area contributed by atoms with Gasteiger partial charge in [0, 0.05) is 0 Å². The number of ether oxygens (including phenoxy) is 1. The van der Waals surface area contributed by atoms with Gasteiger partial charge in [0.25, 0.3) is 0 Å². The number of carbonyl (C=O) groups excluding carboxylic acids is 3. The van der Waals surface area contributed by atoms with Crippen molar-refractivity contribution in [3.63, 3.8) is 0 Å². The normalized spacial score (nSPS) is 29.8. The van der Waals surface area contributed by atoms with E-state index in [1.165, 1.54) is 0 Å². The Morgan fingerprint density at radius 3 is 2.37 bits per heavy atom. The van der Waals surface area contributed by atoms with Gasteiger partial charge in [-0.2, -0.15) is 0 Å². The maximum Gasteiger partial charge on any atom is 0.326 e. The molecule has 5 heteroatoms. The van der Waals surface area contributed by atoms with E-state index in [1.54, 1.807) is 0 Å². The predicted molar refractivity (Wildman–Crippen MR) is 68.0 cm³/mol. The lowest BCUT2D eigenvalue weighted by molar-refractivity contribution is -0.153. The first-order valence-corrected chi connectivity index (χ1v) is 7.05. The van der Waals surface area contributed by atoms with E-state index in [-0.39, 0.29) is 30.2 Å². The van der Waals surface area contributed by atoms with Gasteiger partial charge in [-0.25, -0.2) is 0 Å². The molecule has 1 saturated heterocycles. The molecule has 5 nitrogen and oxygen atoms in total. The Labute approximate surface area is 113 Å². The molecule has 0 spiro atoms. The first-order chi connectivity index (χ1) is 9.04. The van der Waals surface area contributed by atoms with Gasteiger partial charge in [0.1, 0.15) is 6.54 Å². The summed E-state index contributed by atoms with van der Waals surface area (Å²) in [6, 6.07) is 0. The fourth-order valence-corrected chi connectivity index (χ4v) is 3.01. The Balaban J connectivity index is 1.90. The predicted octanol–water partition coefficient (Wildman–Crippen LogP) is 1.36. The number of rotatable bonds is 5. The molecular weight excluding hydrogens is 246 g/mol. The summed E-state index contributed by atoms with van der Waals surface area (Å²) in [6.45, 7) is 4.20. The van der Waals surface area contributed by atoms with Crippen LogP contribution in [0.2, 0.25) is 0 Å². The van der Waals surface area contributed by atoms with Crippen LogP contribution in [-0.2, 0) is 19.1 Å². The van der Waals surface area contributed by atoms with Gasteiger partial charge in [0.15, 0.2) is 0 Å². The standard InChI is InChI=1S/C14H21NO4/c1-3-4-5-19-12(16)8-15-13(17)10-6-9(2)7-11(10)14(15)18/h9-11H,3-8H2,1-2H3. The lowest BCUT2D eigenvalue weighted by Gasteiger charge is -2.15. The molecule has 2 rings (SSSR count). The van der Waals surface area contributed by atoms with Gasteiger partial charge in [-0.15, -0.1) is 0 Å². The quantitative estimate of drug-likeness (QED) is 0.428. The van der Waals surface area contributed by atoms with Gasteiger partial charge in [-0.1, -0.05) is 20.3 Å². The Hall–Kier alpha value is -1.39. The molecule has 2 unspecified atom stereocenters. The molecule has 19 heavy (non-hydrogen) atoms. The molecule has 1 aliphatic carbocycles. The molecule has 1 heterocycles. The molecule has 2 atom stereocenters. The topological polar surface area (TPSA) is 63.7 Å². The number of esters is 1. The minimum atomic E-state index is -0.483. The molecule has 106 valence electrons. The molecule has 1 aliphatic heterocycles. The zero-order valence-corrected chi connectivity index (χ0v) is 11.6. The van der Waals surface area contributed by atoms with E-state index in [1.807, 2.05) is 6.92 Å². The highest BCUT2D eigenvalue weighted by Crippen LogP contribution is 2.42. The number of likely N-dealkylation sites (tertiary alicyclic amines) is 1. The second-order valence-electron chi connectivity index (χ2n) is 5.63. The van der Waals surface area contributed by atoms with Crippen molar-refractivity contribution >= 4 is 17.8 Å². The van der Waals surface area contributed by atoms with Crippen LogP contribution in [0, 0.1) is 17.8 Å². The van der Waals surface area contributed by atoms with Crippen LogP contribution in [0.15, 0.2) is 0 Å². The molecule has 0 radical (unpaired) electrons. The summed E-state index contributed by atoms with van der Waals surface area (Å²) in [4.78, 5) is 36.9. The first kappa shape index (κ1) is 14.0. The van der Waals surface area contributed by atoms with Gasteiger partial charge in [-0.3, -0.25) is 19.3 Å². The number of nitrogens with zero attached hydrogens (tertiary/aromatic N) is 1. The number of hydrogen-bond acceptors (Lipinski definition) is 4. The second-order valence-corrected chi connectivity index (χ2v) is 5.63. The summed E-state index contributed by atoms with van der Waals surface area (Å²) in [6.07, 6.45) is 3.26.